The molecule has 0 aliphatic carbocycles. The minimum atomic E-state index is -3.84. The van der Waals surface area contributed by atoms with Gasteiger partial charge in [-0.3, -0.25) is 9.09 Å². The van der Waals surface area contributed by atoms with Crippen molar-refractivity contribution in [2.24, 2.45) is 5.92 Å². The van der Waals surface area contributed by atoms with E-state index in [1.165, 1.54) is 4.31 Å². The van der Waals surface area contributed by atoms with Crippen LogP contribution in [0, 0.1) is 5.92 Å². The number of benzene rings is 3. The fraction of sp³-hybridized carbons (Fsp3) is 0.512. The molecular weight excluding hydrogens is 807 g/mol. The van der Waals surface area contributed by atoms with Crippen molar-refractivity contribution in [2.75, 3.05) is 72.8 Å². The van der Waals surface area contributed by atoms with Crippen LogP contribution in [-0.4, -0.2) is 115 Å². The Labute approximate surface area is 345 Å². The quantitative estimate of drug-likeness (QED) is 0.0711. The number of aliphatic hydroxyl groups excluding tert-OH is 1. The van der Waals surface area contributed by atoms with Gasteiger partial charge in [-0.1, -0.05) is 49.4 Å². The summed E-state index contributed by atoms with van der Waals surface area (Å²) in [6.45, 7) is 4.36. The van der Waals surface area contributed by atoms with Gasteiger partial charge in [0.1, 0.15) is 30.6 Å². The first-order chi connectivity index (χ1) is 28.4. The molecule has 324 valence electrons. The lowest BCUT2D eigenvalue weighted by Gasteiger charge is -2.33. The van der Waals surface area contributed by atoms with E-state index in [0.29, 0.717) is 42.9 Å². The Balaban J connectivity index is 1.17. The molecule has 0 saturated carbocycles. The summed E-state index contributed by atoms with van der Waals surface area (Å²) in [5.41, 5.74) is 2.32. The average molecular weight is 863 g/mol. The summed E-state index contributed by atoms with van der Waals surface area (Å²) in [5.74, 6) is 0.248. The van der Waals surface area contributed by atoms with Gasteiger partial charge >= 0.3 is 19.7 Å². The number of ether oxygens (including phenoxy) is 6. The maximum atomic E-state index is 13.7. The van der Waals surface area contributed by atoms with E-state index in [4.69, 9.17) is 37.5 Å². The zero-order valence-electron chi connectivity index (χ0n) is 33.7. The number of amides is 1. The van der Waals surface area contributed by atoms with Crippen molar-refractivity contribution in [3.8, 4) is 11.5 Å². The normalized spacial score (nSPS) is 20.2. The third-order valence-electron chi connectivity index (χ3n) is 9.90. The van der Waals surface area contributed by atoms with Gasteiger partial charge in [-0.15, -0.1) is 0 Å². The molecule has 1 fully saturated rings. The Morgan fingerprint density at radius 2 is 1.76 bits per heavy atom. The standard InChI is InChI=1S/C41H55N2O14PS/c1-4-53-40(45)28-56-58(47,55-25-32-8-6-5-7-9-32)29-51-20-21-54-35-12-10-31(11-13-35)22-34(42-41(46)57-38-27-52-26-33(38)17-19-44)16-18-43-24-30(2)37-23-36(50-3)14-15-39(37)59(43,48)49/h5-15,23,30,33-34,38,44H,4,16-22,24-29H2,1-3H3,(H,42,46)/t30?,33-,34-,38?,58?/m1/s1. The highest BCUT2D eigenvalue weighted by molar-refractivity contribution is 7.89. The van der Waals surface area contributed by atoms with Crippen LogP contribution in [0.2, 0.25) is 0 Å². The van der Waals surface area contributed by atoms with Crippen molar-refractivity contribution >= 4 is 29.7 Å². The maximum Gasteiger partial charge on any atom is 0.407 e. The lowest BCUT2D eigenvalue weighted by molar-refractivity contribution is -0.145. The molecule has 3 aromatic rings. The summed E-state index contributed by atoms with van der Waals surface area (Å²) in [5, 5.41) is 12.4. The third kappa shape index (κ3) is 13.7. The molecule has 2 heterocycles. The van der Waals surface area contributed by atoms with Crippen LogP contribution in [-0.2, 0) is 60.4 Å². The van der Waals surface area contributed by atoms with Crippen molar-refractivity contribution in [3.63, 3.8) is 0 Å². The molecule has 18 heteroatoms. The number of hydrogen-bond acceptors (Lipinski definition) is 14. The Kier molecular flexibility index (Phi) is 17.6. The molecule has 0 spiro atoms. The second-order valence-corrected chi connectivity index (χ2v) is 18.1. The van der Waals surface area contributed by atoms with E-state index in [-0.39, 0.29) is 69.5 Å². The van der Waals surface area contributed by atoms with Crippen molar-refractivity contribution in [1.82, 2.24) is 9.62 Å². The van der Waals surface area contributed by atoms with E-state index in [1.807, 2.05) is 49.4 Å². The van der Waals surface area contributed by atoms with E-state index < -0.39 is 54.8 Å². The largest absolute Gasteiger partial charge is 0.497 e. The molecule has 0 aromatic heterocycles. The summed E-state index contributed by atoms with van der Waals surface area (Å²) in [6.07, 6.45) is -0.469. The highest BCUT2D eigenvalue weighted by Crippen LogP contribution is 2.49. The third-order valence-corrected chi connectivity index (χ3v) is 13.4. The molecule has 59 heavy (non-hydrogen) atoms. The topological polar surface area (TPSA) is 195 Å². The van der Waals surface area contributed by atoms with Gasteiger partial charge in [0, 0.05) is 31.7 Å². The first-order valence-electron chi connectivity index (χ1n) is 19.6. The Morgan fingerprint density at radius 1 is 1.00 bits per heavy atom. The lowest BCUT2D eigenvalue weighted by Crippen LogP contribution is -2.44. The lowest BCUT2D eigenvalue weighted by atomic mass is 10.00. The number of carbonyl (C=O) groups excluding carboxylic acids is 2. The smallest absolute Gasteiger partial charge is 0.407 e. The van der Waals surface area contributed by atoms with Gasteiger partial charge < -0.3 is 43.4 Å². The molecule has 0 radical (unpaired) electrons. The van der Waals surface area contributed by atoms with E-state index in [0.717, 1.165) is 11.1 Å². The second-order valence-electron chi connectivity index (χ2n) is 14.2. The minimum Gasteiger partial charge on any atom is -0.497 e. The van der Waals surface area contributed by atoms with Gasteiger partial charge in [0.2, 0.25) is 10.0 Å². The van der Waals surface area contributed by atoms with Crippen LogP contribution in [0.25, 0.3) is 0 Å². The SMILES string of the molecule is CCOC(=O)COP(=O)(COCCOc1ccc(C[C@@H](CCN2CC(C)c3cc(OC)ccc3S2(=O)=O)NC(=O)OC2COC[C@H]2CCO)cc1)OCc1ccccc1. The van der Waals surface area contributed by atoms with Crippen molar-refractivity contribution in [2.45, 2.75) is 62.7 Å². The van der Waals surface area contributed by atoms with E-state index >= 15 is 0 Å². The summed E-state index contributed by atoms with van der Waals surface area (Å²) < 4.78 is 86.1. The number of fused-ring (bicyclic) bond motifs is 1. The van der Waals surface area contributed by atoms with Gasteiger partial charge in [0.25, 0.3) is 0 Å². The molecular formula is C41H55N2O14PS. The van der Waals surface area contributed by atoms with Gasteiger partial charge in [0.05, 0.1) is 45.0 Å². The number of methoxy groups -OCH3 is 1. The van der Waals surface area contributed by atoms with E-state index in [9.17, 15) is 27.7 Å². The number of carbonyl (C=O) groups is 2. The number of nitrogens with zero attached hydrogens (tertiary/aromatic N) is 1. The maximum absolute atomic E-state index is 13.7. The van der Waals surface area contributed by atoms with Crippen LogP contribution in [0.5, 0.6) is 11.5 Å². The van der Waals surface area contributed by atoms with Crippen LogP contribution < -0.4 is 14.8 Å². The number of sulfonamides is 1. The second kappa shape index (κ2) is 22.5. The van der Waals surface area contributed by atoms with Crippen LogP contribution in [0.1, 0.15) is 49.3 Å². The predicted molar refractivity (Wildman–Crippen MR) is 216 cm³/mol. The van der Waals surface area contributed by atoms with Crippen LogP contribution in [0.4, 0.5) is 4.79 Å². The van der Waals surface area contributed by atoms with Gasteiger partial charge in [-0.25, -0.2) is 18.0 Å². The van der Waals surface area contributed by atoms with E-state index in [2.05, 4.69) is 5.32 Å². The molecule has 2 N–H and O–H groups in total. The van der Waals surface area contributed by atoms with Crippen LogP contribution in [0.15, 0.2) is 77.7 Å². The summed E-state index contributed by atoms with van der Waals surface area (Å²) in [4.78, 5) is 25.3. The number of nitrogens with one attached hydrogen (secondary N) is 1. The van der Waals surface area contributed by atoms with Gasteiger partial charge in [0.15, 0.2) is 6.61 Å². The first kappa shape index (κ1) is 46.0. The minimum absolute atomic E-state index is 0.00756. The Hall–Kier alpha value is -4.06. The summed E-state index contributed by atoms with van der Waals surface area (Å²) in [7, 11) is -6.10. The number of aliphatic hydroxyl groups is 1. The predicted octanol–water partition coefficient (Wildman–Crippen LogP) is 5.27. The molecule has 5 rings (SSSR count). The van der Waals surface area contributed by atoms with Crippen molar-refractivity contribution < 1.29 is 65.1 Å². The highest BCUT2D eigenvalue weighted by Gasteiger charge is 2.36. The van der Waals surface area contributed by atoms with Crippen LogP contribution in [0.3, 0.4) is 0 Å². The Morgan fingerprint density at radius 3 is 2.49 bits per heavy atom. The first-order valence-corrected chi connectivity index (χ1v) is 22.8. The summed E-state index contributed by atoms with van der Waals surface area (Å²) >= 11 is 0. The number of hydrogen-bond donors (Lipinski definition) is 2. The average Bonchev–Trinajstić information content (AvgIpc) is 3.66. The van der Waals surface area contributed by atoms with Crippen molar-refractivity contribution in [1.29, 1.82) is 0 Å². The fourth-order valence-electron chi connectivity index (χ4n) is 6.75. The molecule has 3 unspecified atom stereocenters. The molecule has 2 aliphatic heterocycles. The Bertz CT molecular complexity index is 1950. The molecule has 16 nitrogen and oxygen atoms in total. The highest BCUT2D eigenvalue weighted by atomic mass is 32.2. The number of esters is 1. The number of rotatable bonds is 23. The number of alkyl carbamates (subject to hydrolysis) is 1. The monoisotopic (exact) mass is 862 g/mol. The van der Waals surface area contributed by atoms with Gasteiger partial charge in [-0.2, -0.15) is 4.31 Å². The fourth-order valence-corrected chi connectivity index (χ4v) is 9.81. The van der Waals surface area contributed by atoms with Crippen molar-refractivity contribution in [3.05, 3.63) is 89.5 Å². The van der Waals surface area contributed by atoms with Crippen LogP contribution >= 0.6 is 7.60 Å². The molecule has 2 aliphatic rings. The summed E-state index contributed by atoms with van der Waals surface area (Å²) in [6, 6.07) is 20.8. The zero-order chi connectivity index (χ0) is 42.3. The van der Waals surface area contributed by atoms with Gasteiger partial charge in [-0.05, 0) is 79.1 Å². The van der Waals surface area contributed by atoms with E-state index in [1.54, 1.807) is 44.4 Å². The molecule has 3 aromatic carbocycles. The molecule has 0 bridgehead atoms. The zero-order valence-corrected chi connectivity index (χ0v) is 35.4. The molecule has 1 saturated heterocycles. The molecule has 1 amide bonds. The molecule has 5 atom stereocenters.